The normalized spacial score (nSPS) is 43.8. The molecule has 17 heavy (non-hydrogen) atoms. The van der Waals surface area contributed by atoms with Crippen molar-refractivity contribution in [3.8, 4) is 0 Å². The van der Waals surface area contributed by atoms with Crippen molar-refractivity contribution >= 4 is 11.3 Å². The Morgan fingerprint density at radius 3 is 2.53 bits per heavy atom. The molecular formula is C15H21NS. The highest BCUT2D eigenvalue weighted by Crippen LogP contribution is 2.72. The molecule has 5 unspecified atom stereocenters. The zero-order chi connectivity index (χ0) is 11.6. The third-order valence-corrected chi connectivity index (χ3v) is 6.78. The van der Waals surface area contributed by atoms with Crippen LogP contribution in [0.4, 0.5) is 0 Å². The number of fused-ring (bicyclic) bond motifs is 5. The van der Waals surface area contributed by atoms with E-state index in [1.54, 1.807) is 11.3 Å². The van der Waals surface area contributed by atoms with Gasteiger partial charge >= 0.3 is 0 Å². The minimum atomic E-state index is 0.647. The minimum Gasteiger partial charge on any atom is -0.312 e. The fourth-order valence-electron chi connectivity index (χ4n) is 5.04. The molecule has 3 aliphatic carbocycles. The van der Waals surface area contributed by atoms with Crippen molar-refractivity contribution < 1.29 is 0 Å². The van der Waals surface area contributed by atoms with Gasteiger partial charge in [0.05, 0.1) is 0 Å². The van der Waals surface area contributed by atoms with E-state index >= 15 is 0 Å². The van der Waals surface area contributed by atoms with Gasteiger partial charge in [-0.3, -0.25) is 0 Å². The number of nitrogens with one attached hydrogen (secondary N) is 1. The second-order valence-corrected chi connectivity index (χ2v) is 7.25. The van der Waals surface area contributed by atoms with Gasteiger partial charge in [0.15, 0.2) is 0 Å². The van der Waals surface area contributed by atoms with Crippen LogP contribution in [-0.4, -0.2) is 7.05 Å². The zero-order valence-corrected chi connectivity index (χ0v) is 11.5. The molecule has 2 bridgehead atoms. The lowest BCUT2D eigenvalue weighted by Crippen LogP contribution is -2.21. The van der Waals surface area contributed by atoms with Gasteiger partial charge in [0.2, 0.25) is 0 Å². The van der Waals surface area contributed by atoms with Gasteiger partial charge in [0, 0.05) is 10.9 Å². The van der Waals surface area contributed by atoms with E-state index in [0.29, 0.717) is 6.04 Å². The number of hydrogen-bond donors (Lipinski definition) is 1. The number of rotatable bonds is 3. The first-order valence-corrected chi connectivity index (χ1v) is 7.90. The van der Waals surface area contributed by atoms with Crippen LogP contribution in [-0.2, 0) is 0 Å². The Bertz CT molecular complexity index is 422. The lowest BCUT2D eigenvalue weighted by molar-refractivity contribution is 0.388. The quantitative estimate of drug-likeness (QED) is 0.860. The first kappa shape index (κ1) is 10.6. The average Bonchev–Trinajstić information content (AvgIpc) is 2.72. The molecule has 92 valence electrons. The van der Waals surface area contributed by atoms with Gasteiger partial charge in [0.1, 0.15) is 0 Å². The summed E-state index contributed by atoms with van der Waals surface area (Å²) < 4.78 is 0. The molecule has 3 fully saturated rings. The Labute approximate surface area is 108 Å². The topological polar surface area (TPSA) is 12.0 Å². The van der Waals surface area contributed by atoms with Gasteiger partial charge in [-0.1, -0.05) is 0 Å². The fraction of sp³-hybridized carbons (Fsp3) is 0.733. The van der Waals surface area contributed by atoms with Crippen molar-refractivity contribution in [2.75, 3.05) is 7.05 Å². The second kappa shape index (κ2) is 3.58. The Hall–Kier alpha value is -0.340. The standard InChI is InChI=1S/C15H21NS/c1-8-5-6-17-15(8)14(16-2)13-11-9-3-4-10(7-9)12(11)13/h5-6,9-14,16H,3-4,7H2,1-2H3. The van der Waals surface area contributed by atoms with Crippen LogP contribution < -0.4 is 5.32 Å². The van der Waals surface area contributed by atoms with E-state index in [1.807, 2.05) is 11.3 Å². The van der Waals surface area contributed by atoms with Gasteiger partial charge in [0.25, 0.3) is 0 Å². The highest BCUT2D eigenvalue weighted by molar-refractivity contribution is 7.10. The highest BCUT2D eigenvalue weighted by atomic mass is 32.1. The zero-order valence-electron chi connectivity index (χ0n) is 10.6. The van der Waals surface area contributed by atoms with Crippen molar-refractivity contribution in [1.29, 1.82) is 0 Å². The van der Waals surface area contributed by atoms with E-state index in [-0.39, 0.29) is 0 Å². The highest BCUT2D eigenvalue weighted by Gasteiger charge is 2.66. The lowest BCUT2D eigenvalue weighted by Gasteiger charge is -2.19. The molecule has 0 radical (unpaired) electrons. The van der Waals surface area contributed by atoms with E-state index in [4.69, 9.17) is 0 Å². The average molecular weight is 247 g/mol. The molecule has 3 aliphatic rings. The molecule has 2 heteroatoms. The maximum atomic E-state index is 3.62. The molecule has 1 aromatic rings. The molecule has 0 saturated heterocycles. The molecule has 4 rings (SSSR count). The summed E-state index contributed by atoms with van der Waals surface area (Å²) in [5, 5.41) is 5.87. The SMILES string of the molecule is CNC(c1sccc1C)C1C2C3CCC(C3)C21. The van der Waals surface area contributed by atoms with Crippen molar-refractivity contribution in [3.05, 3.63) is 21.9 Å². The summed E-state index contributed by atoms with van der Waals surface area (Å²) in [6, 6.07) is 2.92. The second-order valence-electron chi connectivity index (χ2n) is 6.30. The summed E-state index contributed by atoms with van der Waals surface area (Å²) >= 11 is 1.95. The Morgan fingerprint density at radius 1 is 1.29 bits per heavy atom. The Kier molecular flexibility index (Phi) is 2.23. The summed E-state index contributed by atoms with van der Waals surface area (Å²) in [7, 11) is 2.15. The third kappa shape index (κ3) is 1.34. The molecule has 0 aromatic carbocycles. The lowest BCUT2D eigenvalue weighted by atomic mass is 9.95. The van der Waals surface area contributed by atoms with E-state index in [0.717, 1.165) is 29.6 Å². The molecular weight excluding hydrogens is 226 g/mol. The third-order valence-electron chi connectivity index (χ3n) is 5.67. The number of thiophene rings is 1. The summed E-state index contributed by atoms with van der Waals surface area (Å²) in [6.07, 6.45) is 4.62. The van der Waals surface area contributed by atoms with Crippen LogP contribution >= 0.6 is 11.3 Å². The van der Waals surface area contributed by atoms with E-state index in [9.17, 15) is 0 Å². The van der Waals surface area contributed by atoms with Crippen LogP contribution in [0, 0.1) is 36.5 Å². The Morgan fingerprint density at radius 2 is 2.00 bits per heavy atom. The first-order chi connectivity index (χ1) is 8.31. The molecule has 0 aliphatic heterocycles. The Balaban J connectivity index is 1.61. The molecule has 0 amide bonds. The van der Waals surface area contributed by atoms with Crippen LogP contribution in [0.5, 0.6) is 0 Å². The summed E-state index contributed by atoms with van der Waals surface area (Å²) in [5.74, 6) is 5.29. The predicted octanol–water partition coefficient (Wildman–Crippen LogP) is 3.61. The van der Waals surface area contributed by atoms with Crippen LogP contribution in [0.3, 0.4) is 0 Å². The van der Waals surface area contributed by atoms with Gasteiger partial charge in [-0.2, -0.15) is 0 Å². The fourth-order valence-corrected chi connectivity index (χ4v) is 6.13. The smallest absolute Gasteiger partial charge is 0.0449 e. The van der Waals surface area contributed by atoms with Gasteiger partial charge in [-0.05, 0) is 79.8 Å². The van der Waals surface area contributed by atoms with Crippen LogP contribution in [0.2, 0.25) is 0 Å². The molecule has 0 spiro atoms. The van der Waals surface area contributed by atoms with E-state index in [1.165, 1.54) is 18.4 Å². The van der Waals surface area contributed by atoms with Gasteiger partial charge in [-0.25, -0.2) is 0 Å². The molecule has 1 heterocycles. The summed E-state index contributed by atoms with van der Waals surface area (Å²) in [4.78, 5) is 1.60. The van der Waals surface area contributed by atoms with E-state index in [2.05, 4.69) is 30.7 Å². The van der Waals surface area contributed by atoms with Gasteiger partial charge in [-0.15, -0.1) is 11.3 Å². The maximum absolute atomic E-state index is 3.62. The van der Waals surface area contributed by atoms with Crippen molar-refractivity contribution in [2.45, 2.75) is 32.2 Å². The van der Waals surface area contributed by atoms with Crippen molar-refractivity contribution in [2.24, 2.45) is 29.6 Å². The number of aryl methyl sites for hydroxylation is 1. The molecule has 3 saturated carbocycles. The van der Waals surface area contributed by atoms with Crippen molar-refractivity contribution in [3.63, 3.8) is 0 Å². The maximum Gasteiger partial charge on any atom is 0.0449 e. The summed E-state index contributed by atoms with van der Waals surface area (Å²) in [6.45, 7) is 2.27. The van der Waals surface area contributed by atoms with Gasteiger partial charge < -0.3 is 5.32 Å². The largest absolute Gasteiger partial charge is 0.312 e. The van der Waals surface area contributed by atoms with Crippen LogP contribution in [0.1, 0.15) is 35.7 Å². The molecule has 5 atom stereocenters. The summed E-state index contributed by atoms with van der Waals surface area (Å²) in [5.41, 5.74) is 1.49. The molecule has 1 aromatic heterocycles. The van der Waals surface area contributed by atoms with Crippen LogP contribution in [0.15, 0.2) is 11.4 Å². The van der Waals surface area contributed by atoms with E-state index < -0.39 is 0 Å². The van der Waals surface area contributed by atoms with Crippen LogP contribution in [0.25, 0.3) is 0 Å². The molecule has 1 nitrogen and oxygen atoms in total. The predicted molar refractivity (Wildman–Crippen MR) is 72.2 cm³/mol. The monoisotopic (exact) mass is 247 g/mol. The first-order valence-electron chi connectivity index (χ1n) is 7.02. The van der Waals surface area contributed by atoms with Crippen molar-refractivity contribution in [1.82, 2.24) is 5.32 Å². The molecule has 1 N–H and O–H groups in total. The minimum absolute atomic E-state index is 0.647. The number of hydrogen-bond acceptors (Lipinski definition) is 2.